The van der Waals surface area contributed by atoms with E-state index >= 15 is 0 Å². The Kier molecular flexibility index (Phi) is 11.6. The maximum Gasteiger partial charge on any atom is 0.192 e. The van der Waals surface area contributed by atoms with Crippen LogP contribution in [0.15, 0.2) is 22.5 Å². The van der Waals surface area contributed by atoms with E-state index in [-0.39, 0.29) is 30.1 Å². The van der Waals surface area contributed by atoms with Gasteiger partial charge < -0.3 is 19.9 Å². The van der Waals surface area contributed by atoms with Gasteiger partial charge in [-0.25, -0.2) is 4.99 Å². The number of aliphatic imine (C=N–C) groups is 1. The lowest BCUT2D eigenvalue weighted by atomic mass is 10.0. The molecule has 2 rings (SSSR count). The maximum atomic E-state index is 5.83. The number of halogens is 1. The Morgan fingerprint density at radius 2 is 2.11 bits per heavy atom. The van der Waals surface area contributed by atoms with Gasteiger partial charge >= 0.3 is 0 Å². The van der Waals surface area contributed by atoms with E-state index in [0.29, 0.717) is 12.5 Å². The number of nitrogens with zero attached hydrogens (tertiary/aromatic N) is 4. The van der Waals surface area contributed by atoms with E-state index in [1.807, 2.05) is 25.5 Å². The highest BCUT2D eigenvalue weighted by Gasteiger charge is 2.13. The average Bonchev–Trinajstić information content (AvgIpc) is 3.27. The molecule has 0 aliphatic rings. The zero-order chi connectivity index (χ0) is 19.6. The number of nitrogens with one attached hydrogen (secondary N) is 2. The zero-order valence-electron chi connectivity index (χ0n) is 17.4. The SMILES string of the molecule is CCOC(CCNC(=NCc1nnc(C)n1C)NCc1cccs1)C(C)C.I. The van der Waals surface area contributed by atoms with Crippen LogP contribution < -0.4 is 10.6 Å². The Morgan fingerprint density at radius 3 is 2.68 bits per heavy atom. The average molecular weight is 520 g/mol. The summed E-state index contributed by atoms with van der Waals surface area (Å²) in [5.74, 6) is 3.01. The molecule has 28 heavy (non-hydrogen) atoms. The van der Waals surface area contributed by atoms with E-state index in [1.165, 1.54) is 4.88 Å². The summed E-state index contributed by atoms with van der Waals surface area (Å²) in [5.41, 5.74) is 0. The van der Waals surface area contributed by atoms with Crippen LogP contribution in [-0.2, 0) is 24.9 Å². The first-order valence-electron chi connectivity index (χ1n) is 9.52. The van der Waals surface area contributed by atoms with E-state index in [4.69, 9.17) is 9.73 Å². The Labute approximate surface area is 189 Å². The second-order valence-electron chi connectivity index (χ2n) is 6.77. The second-order valence-corrected chi connectivity index (χ2v) is 7.81. The second kappa shape index (κ2) is 13.1. The fraction of sp³-hybridized carbons (Fsp3) is 0.632. The van der Waals surface area contributed by atoms with E-state index in [1.54, 1.807) is 11.3 Å². The monoisotopic (exact) mass is 520 g/mol. The van der Waals surface area contributed by atoms with Crippen LogP contribution in [0.1, 0.15) is 43.7 Å². The van der Waals surface area contributed by atoms with Crippen molar-refractivity contribution in [1.29, 1.82) is 0 Å². The molecule has 0 saturated carbocycles. The molecular weight excluding hydrogens is 487 g/mol. The molecule has 2 aromatic heterocycles. The zero-order valence-corrected chi connectivity index (χ0v) is 20.6. The molecule has 2 N–H and O–H groups in total. The van der Waals surface area contributed by atoms with Gasteiger partial charge in [-0.3, -0.25) is 0 Å². The molecule has 0 fully saturated rings. The Hall–Kier alpha value is -1.20. The third-order valence-corrected chi connectivity index (χ3v) is 5.29. The van der Waals surface area contributed by atoms with Crippen molar-refractivity contribution in [2.75, 3.05) is 13.2 Å². The molecular formula is C19H33IN6OS. The third kappa shape index (κ3) is 8.04. The fourth-order valence-electron chi connectivity index (χ4n) is 2.65. The first kappa shape index (κ1) is 24.8. The highest BCUT2D eigenvalue weighted by molar-refractivity contribution is 14.0. The molecule has 2 heterocycles. The van der Waals surface area contributed by atoms with Crippen LogP contribution in [0.4, 0.5) is 0 Å². The number of thiophene rings is 1. The van der Waals surface area contributed by atoms with Crippen molar-refractivity contribution >= 4 is 41.3 Å². The van der Waals surface area contributed by atoms with Crippen molar-refractivity contribution in [2.45, 2.75) is 53.3 Å². The summed E-state index contributed by atoms with van der Waals surface area (Å²) in [6.45, 7) is 11.1. The molecule has 0 aliphatic heterocycles. The normalized spacial score (nSPS) is 12.7. The Bertz CT molecular complexity index is 701. The summed E-state index contributed by atoms with van der Waals surface area (Å²) in [4.78, 5) is 5.96. The smallest absolute Gasteiger partial charge is 0.192 e. The quantitative estimate of drug-likeness (QED) is 0.285. The van der Waals surface area contributed by atoms with Crippen LogP contribution in [0.25, 0.3) is 0 Å². The molecule has 0 aliphatic carbocycles. The molecule has 7 nitrogen and oxygen atoms in total. The third-order valence-electron chi connectivity index (χ3n) is 4.42. The van der Waals surface area contributed by atoms with Crippen LogP contribution in [-0.4, -0.2) is 40.0 Å². The van der Waals surface area contributed by atoms with Gasteiger partial charge in [0, 0.05) is 25.1 Å². The molecule has 1 unspecified atom stereocenters. The molecule has 0 saturated heterocycles. The molecule has 2 aromatic rings. The van der Waals surface area contributed by atoms with Crippen molar-refractivity contribution in [3.8, 4) is 0 Å². The summed E-state index contributed by atoms with van der Waals surface area (Å²) in [6.07, 6.45) is 1.19. The van der Waals surface area contributed by atoms with Gasteiger partial charge in [0.1, 0.15) is 12.4 Å². The number of rotatable bonds is 10. The number of aromatic nitrogens is 3. The number of aryl methyl sites for hydroxylation is 1. The minimum Gasteiger partial charge on any atom is -0.378 e. The molecule has 0 aromatic carbocycles. The van der Waals surface area contributed by atoms with Crippen molar-refractivity contribution in [1.82, 2.24) is 25.4 Å². The Morgan fingerprint density at radius 1 is 1.32 bits per heavy atom. The van der Waals surface area contributed by atoms with Crippen molar-refractivity contribution in [2.24, 2.45) is 18.0 Å². The van der Waals surface area contributed by atoms with E-state index in [0.717, 1.165) is 43.7 Å². The van der Waals surface area contributed by atoms with Gasteiger partial charge in [0.15, 0.2) is 11.8 Å². The van der Waals surface area contributed by atoms with Gasteiger partial charge in [-0.05, 0) is 37.6 Å². The number of guanidine groups is 1. The van der Waals surface area contributed by atoms with Gasteiger partial charge in [-0.1, -0.05) is 19.9 Å². The van der Waals surface area contributed by atoms with Crippen LogP contribution >= 0.6 is 35.3 Å². The summed E-state index contributed by atoms with van der Waals surface area (Å²) in [6, 6.07) is 4.18. The van der Waals surface area contributed by atoms with Crippen LogP contribution in [0.5, 0.6) is 0 Å². The van der Waals surface area contributed by atoms with Crippen molar-refractivity contribution in [3.05, 3.63) is 34.0 Å². The minimum absolute atomic E-state index is 0. The largest absolute Gasteiger partial charge is 0.378 e. The van der Waals surface area contributed by atoms with E-state index in [9.17, 15) is 0 Å². The number of ether oxygens (including phenoxy) is 1. The number of hydrogen-bond acceptors (Lipinski definition) is 5. The molecule has 1 atom stereocenters. The maximum absolute atomic E-state index is 5.83. The summed E-state index contributed by atoms with van der Waals surface area (Å²) in [7, 11) is 1.96. The lowest BCUT2D eigenvalue weighted by Crippen LogP contribution is -2.39. The number of hydrogen-bond donors (Lipinski definition) is 2. The van der Waals surface area contributed by atoms with Crippen molar-refractivity contribution in [3.63, 3.8) is 0 Å². The topological polar surface area (TPSA) is 76.4 Å². The molecule has 158 valence electrons. The van der Waals surface area contributed by atoms with Crippen LogP contribution in [0.2, 0.25) is 0 Å². The fourth-order valence-corrected chi connectivity index (χ4v) is 3.30. The molecule has 9 heteroatoms. The highest BCUT2D eigenvalue weighted by Crippen LogP contribution is 2.10. The predicted molar refractivity (Wildman–Crippen MR) is 126 cm³/mol. The van der Waals surface area contributed by atoms with Crippen LogP contribution in [0.3, 0.4) is 0 Å². The molecule has 0 spiro atoms. The first-order chi connectivity index (χ1) is 13.0. The summed E-state index contributed by atoms with van der Waals surface area (Å²) in [5, 5.41) is 17.2. The van der Waals surface area contributed by atoms with Gasteiger partial charge in [0.25, 0.3) is 0 Å². The highest BCUT2D eigenvalue weighted by atomic mass is 127. The van der Waals surface area contributed by atoms with E-state index in [2.05, 4.69) is 52.2 Å². The summed E-state index contributed by atoms with van der Waals surface area (Å²) < 4.78 is 7.79. The molecule has 0 amide bonds. The lowest BCUT2D eigenvalue weighted by Gasteiger charge is -2.21. The van der Waals surface area contributed by atoms with Gasteiger partial charge in [0.05, 0.1) is 12.6 Å². The van der Waals surface area contributed by atoms with Gasteiger partial charge in [-0.15, -0.1) is 45.5 Å². The minimum atomic E-state index is 0. The Balaban J connectivity index is 0.00000392. The molecule has 0 bridgehead atoms. The molecule has 0 radical (unpaired) electrons. The van der Waals surface area contributed by atoms with Crippen molar-refractivity contribution < 1.29 is 4.74 Å². The first-order valence-corrected chi connectivity index (χ1v) is 10.4. The van der Waals surface area contributed by atoms with E-state index < -0.39 is 0 Å². The lowest BCUT2D eigenvalue weighted by molar-refractivity contribution is 0.0258. The van der Waals surface area contributed by atoms with Gasteiger partial charge in [0.2, 0.25) is 0 Å². The standard InChI is InChI=1S/C19H32N6OS.HI/c1-6-26-17(14(2)3)9-10-20-19(21-12-16-8-7-11-27-16)22-13-18-24-23-15(4)25(18)5;/h7-8,11,14,17H,6,9-10,12-13H2,1-5H3,(H2,20,21,22);1H. The summed E-state index contributed by atoms with van der Waals surface area (Å²) >= 11 is 1.73. The van der Waals surface area contributed by atoms with Gasteiger partial charge in [-0.2, -0.15) is 0 Å². The van der Waals surface area contributed by atoms with Crippen LogP contribution in [0, 0.1) is 12.8 Å². The predicted octanol–water partition coefficient (Wildman–Crippen LogP) is 3.49.